The first-order valence-corrected chi connectivity index (χ1v) is 4.83. The Labute approximate surface area is 83.0 Å². The van der Waals surface area contributed by atoms with Crippen LogP contribution in [-0.2, 0) is 4.74 Å². The standard InChI is InChI=1S/C11H14O3/c12-10-4-2-1-3-9(10)11(13)8-5-6-14-7-8/h1-4,8,11-13H,5-7H2. The van der Waals surface area contributed by atoms with E-state index in [1.165, 1.54) is 0 Å². The van der Waals surface area contributed by atoms with Crippen LogP contribution in [0.15, 0.2) is 24.3 Å². The van der Waals surface area contributed by atoms with Gasteiger partial charge in [-0.3, -0.25) is 0 Å². The van der Waals surface area contributed by atoms with Crippen molar-refractivity contribution in [2.75, 3.05) is 13.2 Å². The van der Waals surface area contributed by atoms with Crippen LogP contribution in [-0.4, -0.2) is 23.4 Å². The zero-order valence-electron chi connectivity index (χ0n) is 7.89. The van der Waals surface area contributed by atoms with Crippen molar-refractivity contribution in [3.05, 3.63) is 29.8 Å². The highest BCUT2D eigenvalue weighted by molar-refractivity contribution is 5.33. The summed E-state index contributed by atoms with van der Waals surface area (Å²) in [6.45, 7) is 1.28. The summed E-state index contributed by atoms with van der Waals surface area (Å²) in [5.74, 6) is 0.273. The van der Waals surface area contributed by atoms with E-state index in [2.05, 4.69) is 0 Å². The van der Waals surface area contributed by atoms with Crippen LogP contribution in [0.25, 0.3) is 0 Å². The van der Waals surface area contributed by atoms with Gasteiger partial charge in [0.2, 0.25) is 0 Å². The molecule has 2 unspecified atom stereocenters. The zero-order valence-corrected chi connectivity index (χ0v) is 7.89. The summed E-state index contributed by atoms with van der Waals surface area (Å²) in [6, 6.07) is 6.90. The van der Waals surface area contributed by atoms with Crippen LogP contribution in [0.3, 0.4) is 0 Å². The molecule has 0 aliphatic carbocycles. The second kappa shape index (κ2) is 3.98. The van der Waals surface area contributed by atoms with Crippen molar-refractivity contribution >= 4 is 0 Å². The van der Waals surface area contributed by atoms with E-state index >= 15 is 0 Å². The van der Waals surface area contributed by atoms with Gasteiger partial charge in [0.25, 0.3) is 0 Å². The molecule has 3 nitrogen and oxygen atoms in total. The van der Waals surface area contributed by atoms with Crippen molar-refractivity contribution in [1.29, 1.82) is 0 Å². The second-order valence-electron chi connectivity index (χ2n) is 3.63. The summed E-state index contributed by atoms with van der Waals surface area (Å²) >= 11 is 0. The third kappa shape index (κ3) is 1.74. The number of hydrogen-bond acceptors (Lipinski definition) is 3. The summed E-state index contributed by atoms with van der Waals surface area (Å²) < 4.78 is 5.20. The highest BCUT2D eigenvalue weighted by Crippen LogP contribution is 2.32. The normalized spacial score (nSPS) is 23.6. The molecule has 0 radical (unpaired) electrons. The Balaban J connectivity index is 2.17. The monoisotopic (exact) mass is 194 g/mol. The van der Waals surface area contributed by atoms with E-state index in [-0.39, 0.29) is 11.7 Å². The Morgan fingerprint density at radius 2 is 2.14 bits per heavy atom. The largest absolute Gasteiger partial charge is 0.508 e. The van der Waals surface area contributed by atoms with Crippen LogP contribution >= 0.6 is 0 Å². The summed E-state index contributed by atoms with van der Waals surface area (Å²) in [6.07, 6.45) is 0.244. The van der Waals surface area contributed by atoms with Crippen molar-refractivity contribution in [2.45, 2.75) is 12.5 Å². The van der Waals surface area contributed by atoms with Gasteiger partial charge in [-0.15, -0.1) is 0 Å². The quantitative estimate of drug-likeness (QED) is 0.749. The van der Waals surface area contributed by atoms with Crippen molar-refractivity contribution < 1.29 is 14.9 Å². The Morgan fingerprint density at radius 3 is 2.79 bits per heavy atom. The summed E-state index contributed by atoms with van der Waals surface area (Å²) in [5, 5.41) is 19.5. The maximum absolute atomic E-state index is 9.96. The third-order valence-electron chi connectivity index (χ3n) is 2.67. The molecule has 2 N–H and O–H groups in total. The Morgan fingerprint density at radius 1 is 1.36 bits per heavy atom. The molecular formula is C11H14O3. The van der Waals surface area contributed by atoms with E-state index in [0.717, 1.165) is 6.42 Å². The lowest BCUT2D eigenvalue weighted by molar-refractivity contribution is 0.0898. The van der Waals surface area contributed by atoms with Crippen LogP contribution in [0.1, 0.15) is 18.1 Å². The molecule has 1 aromatic carbocycles. The van der Waals surface area contributed by atoms with Crippen LogP contribution < -0.4 is 0 Å². The molecule has 1 aliphatic rings. The number of aliphatic hydroxyl groups excluding tert-OH is 1. The van der Waals surface area contributed by atoms with Crippen molar-refractivity contribution in [2.24, 2.45) is 5.92 Å². The molecular weight excluding hydrogens is 180 g/mol. The number of aromatic hydroxyl groups is 1. The van der Waals surface area contributed by atoms with Crippen LogP contribution in [0.5, 0.6) is 5.75 Å². The molecule has 0 spiro atoms. The average Bonchev–Trinajstić information content (AvgIpc) is 2.70. The average molecular weight is 194 g/mol. The molecule has 1 heterocycles. The van der Waals surface area contributed by atoms with E-state index in [1.807, 2.05) is 6.07 Å². The van der Waals surface area contributed by atoms with E-state index < -0.39 is 6.10 Å². The lowest BCUT2D eigenvalue weighted by Crippen LogP contribution is -2.12. The maximum Gasteiger partial charge on any atom is 0.121 e. The van der Waals surface area contributed by atoms with Crippen LogP contribution in [0.4, 0.5) is 0 Å². The minimum Gasteiger partial charge on any atom is -0.508 e. The van der Waals surface area contributed by atoms with Gasteiger partial charge in [-0.25, -0.2) is 0 Å². The molecule has 0 saturated carbocycles. The van der Waals surface area contributed by atoms with Gasteiger partial charge < -0.3 is 14.9 Å². The first-order chi connectivity index (χ1) is 6.79. The molecule has 0 aromatic heterocycles. The summed E-state index contributed by atoms with van der Waals surface area (Å²) in [5.41, 5.74) is 0.600. The molecule has 1 aromatic rings. The van der Waals surface area contributed by atoms with Gasteiger partial charge in [0.1, 0.15) is 5.75 Å². The molecule has 0 amide bonds. The van der Waals surface area contributed by atoms with Gasteiger partial charge >= 0.3 is 0 Å². The third-order valence-corrected chi connectivity index (χ3v) is 2.67. The van der Waals surface area contributed by atoms with Gasteiger partial charge in [0, 0.05) is 18.1 Å². The molecule has 76 valence electrons. The molecule has 2 atom stereocenters. The van der Waals surface area contributed by atoms with Crippen molar-refractivity contribution in [1.82, 2.24) is 0 Å². The fourth-order valence-electron chi connectivity index (χ4n) is 1.79. The van der Waals surface area contributed by atoms with Gasteiger partial charge in [0.05, 0.1) is 12.7 Å². The number of phenols is 1. The number of ether oxygens (including phenoxy) is 1. The smallest absolute Gasteiger partial charge is 0.121 e. The van der Waals surface area contributed by atoms with Gasteiger partial charge in [-0.1, -0.05) is 18.2 Å². The zero-order chi connectivity index (χ0) is 9.97. The summed E-state index contributed by atoms with van der Waals surface area (Å²) in [7, 11) is 0. The molecule has 3 heteroatoms. The Kier molecular flexibility index (Phi) is 2.70. The molecule has 2 rings (SSSR count). The van der Waals surface area contributed by atoms with Gasteiger partial charge in [-0.2, -0.15) is 0 Å². The predicted molar refractivity (Wildman–Crippen MR) is 52.0 cm³/mol. The molecule has 0 bridgehead atoms. The minimum atomic E-state index is -0.612. The molecule has 1 saturated heterocycles. The first kappa shape index (κ1) is 9.49. The number of rotatable bonds is 2. The Bertz CT molecular complexity index is 305. The highest BCUT2D eigenvalue weighted by atomic mass is 16.5. The topological polar surface area (TPSA) is 49.7 Å². The number of aliphatic hydroxyl groups is 1. The van der Waals surface area contributed by atoms with Gasteiger partial charge in [-0.05, 0) is 12.5 Å². The minimum absolute atomic E-state index is 0.114. The maximum atomic E-state index is 9.96. The lowest BCUT2D eigenvalue weighted by atomic mass is 9.95. The molecule has 1 aliphatic heterocycles. The fraction of sp³-hybridized carbons (Fsp3) is 0.455. The predicted octanol–water partition coefficient (Wildman–Crippen LogP) is 1.46. The van der Waals surface area contributed by atoms with Crippen LogP contribution in [0.2, 0.25) is 0 Å². The fourth-order valence-corrected chi connectivity index (χ4v) is 1.79. The van der Waals surface area contributed by atoms with E-state index in [0.29, 0.717) is 18.8 Å². The Hall–Kier alpha value is -1.06. The van der Waals surface area contributed by atoms with Crippen molar-refractivity contribution in [3.8, 4) is 5.75 Å². The molecule has 1 fully saturated rings. The molecule has 14 heavy (non-hydrogen) atoms. The van der Waals surface area contributed by atoms with E-state index in [4.69, 9.17) is 4.74 Å². The van der Waals surface area contributed by atoms with Crippen LogP contribution in [0, 0.1) is 5.92 Å². The number of benzene rings is 1. The first-order valence-electron chi connectivity index (χ1n) is 4.83. The number of hydrogen-bond donors (Lipinski definition) is 2. The highest BCUT2D eigenvalue weighted by Gasteiger charge is 2.26. The van der Waals surface area contributed by atoms with Crippen molar-refractivity contribution in [3.63, 3.8) is 0 Å². The number of para-hydroxylation sites is 1. The van der Waals surface area contributed by atoms with E-state index in [1.54, 1.807) is 18.2 Å². The number of phenolic OH excluding ortho intramolecular Hbond substituents is 1. The lowest BCUT2D eigenvalue weighted by Gasteiger charge is -2.17. The van der Waals surface area contributed by atoms with Gasteiger partial charge in [0.15, 0.2) is 0 Å². The second-order valence-corrected chi connectivity index (χ2v) is 3.63. The van der Waals surface area contributed by atoms with E-state index in [9.17, 15) is 10.2 Å². The SMILES string of the molecule is Oc1ccccc1C(O)C1CCOC1. The summed E-state index contributed by atoms with van der Waals surface area (Å²) in [4.78, 5) is 0.